The highest BCUT2D eigenvalue weighted by molar-refractivity contribution is 8.00. The molecular formula is C16H18N4O3S. The number of nitrogens with zero attached hydrogens (tertiary/aromatic N) is 1. The van der Waals surface area contributed by atoms with Crippen LogP contribution < -0.4 is 16.6 Å². The third-order valence-electron chi connectivity index (χ3n) is 3.22. The third-order valence-corrected chi connectivity index (χ3v) is 4.46. The fourth-order valence-corrected chi connectivity index (χ4v) is 2.90. The first-order valence-corrected chi connectivity index (χ1v) is 8.22. The molecule has 8 heteroatoms. The number of carbonyl (C=O) groups excluding carboxylic acids is 2. The minimum atomic E-state index is -0.442. The number of hydrogen-bond donors (Lipinski definition) is 3. The van der Waals surface area contributed by atoms with Crippen molar-refractivity contribution in [2.24, 2.45) is 0 Å². The highest BCUT2D eigenvalue weighted by Gasteiger charge is 2.19. The first-order chi connectivity index (χ1) is 11.4. The molecule has 0 spiro atoms. The fourth-order valence-electron chi connectivity index (χ4n) is 1.98. The number of amides is 1. The molecule has 1 amide bonds. The van der Waals surface area contributed by atoms with E-state index in [1.54, 1.807) is 24.3 Å². The molecule has 1 aromatic heterocycles. The van der Waals surface area contributed by atoms with Crippen LogP contribution in [0.4, 0.5) is 11.5 Å². The van der Waals surface area contributed by atoms with E-state index >= 15 is 0 Å². The van der Waals surface area contributed by atoms with Gasteiger partial charge in [0.15, 0.2) is 10.9 Å². The van der Waals surface area contributed by atoms with Crippen LogP contribution in [-0.2, 0) is 4.79 Å². The van der Waals surface area contributed by atoms with Crippen LogP contribution in [0.3, 0.4) is 0 Å². The summed E-state index contributed by atoms with van der Waals surface area (Å²) in [6.07, 6.45) is 0.542. The maximum absolute atomic E-state index is 12.4. The highest BCUT2D eigenvalue weighted by atomic mass is 32.2. The van der Waals surface area contributed by atoms with Gasteiger partial charge in [-0.25, -0.2) is 4.98 Å². The Bertz CT molecular complexity index is 802. The van der Waals surface area contributed by atoms with Gasteiger partial charge < -0.3 is 16.0 Å². The van der Waals surface area contributed by atoms with Crippen molar-refractivity contribution < 1.29 is 9.59 Å². The van der Waals surface area contributed by atoms with Gasteiger partial charge >= 0.3 is 0 Å². The molecule has 0 aliphatic carbocycles. The van der Waals surface area contributed by atoms with Gasteiger partial charge in [-0.2, -0.15) is 0 Å². The summed E-state index contributed by atoms with van der Waals surface area (Å²) in [5, 5.41) is 2.64. The Kier molecular flexibility index (Phi) is 5.75. The van der Waals surface area contributed by atoms with E-state index in [1.807, 2.05) is 6.92 Å². The summed E-state index contributed by atoms with van der Waals surface area (Å²) in [6, 6.07) is 7.84. The van der Waals surface area contributed by atoms with E-state index < -0.39 is 5.25 Å². The second-order valence-electron chi connectivity index (χ2n) is 5.11. The average molecular weight is 346 g/mol. The van der Waals surface area contributed by atoms with Crippen molar-refractivity contribution in [3.05, 3.63) is 46.2 Å². The number of rotatable bonds is 6. The quantitative estimate of drug-likeness (QED) is 0.419. The molecular weight excluding hydrogens is 328 g/mol. The van der Waals surface area contributed by atoms with E-state index in [4.69, 9.17) is 5.73 Å². The Morgan fingerprint density at radius 3 is 2.54 bits per heavy atom. The van der Waals surface area contributed by atoms with Crippen molar-refractivity contribution in [2.45, 2.75) is 30.7 Å². The number of benzene rings is 1. The van der Waals surface area contributed by atoms with Gasteiger partial charge in [0, 0.05) is 17.3 Å². The first-order valence-electron chi connectivity index (χ1n) is 7.34. The van der Waals surface area contributed by atoms with Crippen molar-refractivity contribution in [3.8, 4) is 0 Å². The molecule has 7 nitrogen and oxygen atoms in total. The van der Waals surface area contributed by atoms with Gasteiger partial charge in [-0.15, -0.1) is 0 Å². The molecule has 1 atom stereocenters. The molecule has 4 N–H and O–H groups in total. The third kappa shape index (κ3) is 4.69. The minimum absolute atomic E-state index is 0.0356. The second-order valence-corrected chi connectivity index (χ2v) is 6.30. The van der Waals surface area contributed by atoms with Crippen molar-refractivity contribution >= 4 is 35.0 Å². The number of aromatic nitrogens is 2. The summed E-state index contributed by atoms with van der Waals surface area (Å²) >= 11 is 1.14. The molecule has 0 radical (unpaired) electrons. The molecule has 1 aromatic carbocycles. The minimum Gasteiger partial charge on any atom is -0.383 e. The zero-order valence-corrected chi connectivity index (χ0v) is 14.1. The Morgan fingerprint density at radius 1 is 1.33 bits per heavy atom. The topological polar surface area (TPSA) is 118 Å². The maximum Gasteiger partial charge on any atom is 0.253 e. The van der Waals surface area contributed by atoms with Crippen molar-refractivity contribution in [1.29, 1.82) is 0 Å². The molecule has 0 bridgehead atoms. The lowest BCUT2D eigenvalue weighted by Crippen LogP contribution is -2.25. The largest absolute Gasteiger partial charge is 0.383 e. The average Bonchev–Trinajstić information content (AvgIpc) is 2.52. The highest BCUT2D eigenvalue weighted by Crippen LogP contribution is 2.23. The lowest BCUT2D eigenvalue weighted by atomic mass is 10.1. The van der Waals surface area contributed by atoms with E-state index in [-0.39, 0.29) is 23.1 Å². The van der Waals surface area contributed by atoms with Crippen LogP contribution in [0.15, 0.2) is 40.3 Å². The van der Waals surface area contributed by atoms with E-state index in [2.05, 4.69) is 15.3 Å². The lowest BCUT2D eigenvalue weighted by Gasteiger charge is -2.14. The predicted molar refractivity (Wildman–Crippen MR) is 94.3 cm³/mol. The standard InChI is InChI=1S/C16H18N4O3S/c1-3-12(24-16-19-13(17)8-14(22)20-16)15(23)18-11-6-4-10(5-7-11)9(2)21/h4-8,12H,3H2,1-2H3,(H,18,23)(H3,17,19,20,22)/t12-/m0/s1. The Hall–Kier alpha value is -2.61. The van der Waals surface area contributed by atoms with Crippen molar-refractivity contribution in [2.75, 3.05) is 11.1 Å². The molecule has 1 heterocycles. The number of ketones is 1. The summed E-state index contributed by atoms with van der Waals surface area (Å²) in [5.74, 6) is -0.147. The molecule has 126 valence electrons. The van der Waals surface area contributed by atoms with Crippen molar-refractivity contribution in [3.63, 3.8) is 0 Å². The van der Waals surface area contributed by atoms with E-state index in [0.29, 0.717) is 22.8 Å². The molecule has 2 rings (SSSR count). The summed E-state index contributed by atoms with van der Waals surface area (Å²) in [6.45, 7) is 3.34. The van der Waals surface area contributed by atoms with E-state index in [1.165, 1.54) is 13.0 Å². The molecule has 0 saturated heterocycles. The molecule has 0 aliphatic rings. The van der Waals surface area contributed by atoms with Crippen LogP contribution in [0.25, 0.3) is 0 Å². The number of nitrogen functional groups attached to an aromatic ring is 1. The SMILES string of the molecule is CC[C@H](Sc1nc(N)cc(=O)[nH]1)C(=O)Nc1ccc(C(C)=O)cc1. The van der Waals surface area contributed by atoms with Crippen LogP contribution >= 0.6 is 11.8 Å². The summed E-state index contributed by atoms with van der Waals surface area (Å²) < 4.78 is 0. The lowest BCUT2D eigenvalue weighted by molar-refractivity contribution is -0.115. The van der Waals surface area contributed by atoms with Crippen LogP contribution in [0, 0.1) is 0 Å². The Labute approximate surface area is 143 Å². The summed E-state index contributed by atoms with van der Waals surface area (Å²) in [7, 11) is 0. The normalized spacial score (nSPS) is 11.8. The number of carbonyl (C=O) groups is 2. The van der Waals surface area contributed by atoms with E-state index in [9.17, 15) is 14.4 Å². The van der Waals surface area contributed by atoms with Gasteiger partial charge in [-0.3, -0.25) is 14.4 Å². The number of H-pyrrole nitrogens is 1. The molecule has 0 fully saturated rings. The first kappa shape index (κ1) is 17.7. The molecule has 0 aliphatic heterocycles. The van der Waals surface area contributed by atoms with Crippen molar-refractivity contribution in [1.82, 2.24) is 9.97 Å². The summed E-state index contributed by atoms with van der Waals surface area (Å²) in [4.78, 5) is 41.6. The summed E-state index contributed by atoms with van der Waals surface area (Å²) in [5.41, 5.74) is 6.36. The molecule has 24 heavy (non-hydrogen) atoms. The Balaban J connectivity index is 2.08. The van der Waals surface area contributed by atoms with Gasteiger partial charge in [0.25, 0.3) is 5.56 Å². The monoisotopic (exact) mass is 346 g/mol. The van der Waals surface area contributed by atoms with Gasteiger partial charge in [0.2, 0.25) is 5.91 Å². The van der Waals surface area contributed by atoms with Gasteiger partial charge in [0.05, 0.1) is 5.25 Å². The number of hydrogen-bond acceptors (Lipinski definition) is 6. The second kappa shape index (κ2) is 7.78. The van der Waals surface area contributed by atoms with E-state index in [0.717, 1.165) is 11.8 Å². The van der Waals surface area contributed by atoms with Gasteiger partial charge in [-0.1, -0.05) is 18.7 Å². The smallest absolute Gasteiger partial charge is 0.253 e. The van der Waals surface area contributed by atoms with Crippen LogP contribution in [0.1, 0.15) is 30.6 Å². The number of thioether (sulfide) groups is 1. The zero-order valence-electron chi connectivity index (χ0n) is 13.3. The predicted octanol–water partition coefficient (Wildman–Crippen LogP) is 2.06. The number of aromatic amines is 1. The number of anilines is 2. The molecule has 0 unspecified atom stereocenters. The van der Waals surface area contributed by atoms with Gasteiger partial charge in [-0.05, 0) is 37.6 Å². The zero-order chi connectivity index (χ0) is 17.7. The maximum atomic E-state index is 12.4. The molecule has 2 aromatic rings. The number of nitrogens with two attached hydrogens (primary N) is 1. The van der Waals surface area contributed by atoms with Crippen LogP contribution in [-0.4, -0.2) is 26.9 Å². The molecule has 0 saturated carbocycles. The Morgan fingerprint density at radius 2 is 2.00 bits per heavy atom. The number of nitrogens with one attached hydrogen (secondary N) is 2. The van der Waals surface area contributed by atoms with Crippen LogP contribution in [0.5, 0.6) is 0 Å². The number of Topliss-reactive ketones (excluding diaryl/α,β-unsaturated/α-hetero) is 1. The van der Waals surface area contributed by atoms with Crippen LogP contribution in [0.2, 0.25) is 0 Å². The fraction of sp³-hybridized carbons (Fsp3) is 0.250. The van der Waals surface area contributed by atoms with Gasteiger partial charge in [0.1, 0.15) is 5.82 Å².